The van der Waals surface area contributed by atoms with Gasteiger partial charge in [0, 0.05) is 16.8 Å². The molecule has 1 aliphatic carbocycles. The lowest BCUT2D eigenvalue weighted by Crippen LogP contribution is -2.29. The van der Waals surface area contributed by atoms with Gasteiger partial charge in [-0.25, -0.2) is 13.1 Å². The van der Waals surface area contributed by atoms with Crippen LogP contribution in [0.15, 0.2) is 21.5 Å². The Morgan fingerprint density at radius 2 is 2.06 bits per heavy atom. The Hall–Kier alpha value is -0.300. The maximum Gasteiger partial charge on any atom is 0.242 e. The number of nitrogens with two attached hydrogens (primary N) is 1. The molecule has 1 aromatic carbocycles. The molecule has 7 heteroatoms. The van der Waals surface area contributed by atoms with Gasteiger partial charge >= 0.3 is 0 Å². The molecule has 0 saturated heterocycles. The maximum absolute atomic E-state index is 12.2. The van der Waals surface area contributed by atoms with E-state index >= 15 is 0 Å². The van der Waals surface area contributed by atoms with Gasteiger partial charge in [-0.15, -0.1) is 0 Å². The minimum atomic E-state index is -3.61. The van der Waals surface area contributed by atoms with Crippen molar-refractivity contribution in [3.8, 4) is 0 Å². The third-order valence-electron chi connectivity index (χ3n) is 3.13. The summed E-state index contributed by atoms with van der Waals surface area (Å²) in [5.41, 5.74) is 6.02. The molecule has 1 saturated carbocycles. The summed E-state index contributed by atoms with van der Waals surface area (Å²) < 4.78 is 27.5. The molecule has 3 N–H and O–H groups in total. The van der Waals surface area contributed by atoms with E-state index in [2.05, 4.69) is 20.7 Å². The lowest BCUT2D eigenvalue weighted by Gasteiger charge is -2.11. The van der Waals surface area contributed by atoms with E-state index in [-0.39, 0.29) is 16.4 Å². The monoisotopic (exact) mass is 352 g/mol. The number of hydrogen-bond donors (Lipinski definition) is 2. The van der Waals surface area contributed by atoms with Crippen molar-refractivity contribution in [2.75, 3.05) is 5.73 Å². The van der Waals surface area contributed by atoms with Crippen molar-refractivity contribution in [3.05, 3.63) is 21.6 Å². The van der Waals surface area contributed by atoms with Gasteiger partial charge in [0.15, 0.2) is 0 Å². The first kappa shape index (κ1) is 14.1. The fourth-order valence-corrected chi connectivity index (χ4v) is 4.40. The molecule has 1 unspecified atom stereocenters. The van der Waals surface area contributed by atoms with E-state index in [1.54, 1.807) is 0 Å². The highest BCUT2D eigenvalue weighted by molar-refractivity contribution is 9.10. The lowest BCUT2D eigenvalue weighted by atomic mass is 10.2. The molecule has 0 spiro atoms. The molecule has 1 atom stereocenters. The fourth-order valence-electron chi connectivity index (χ4n) is 1.70. The van der Waals surface area contributed by atoms with E-state index in [9.17, 15) is 8.42 Å². The minimum Gasteiger partial charge on any atom is -0.398 e. The van der Waals surface area contributed by atoms with E-state index in [4.69, 9.17) is 17.3 Å². The number of sulfonamides is 1. The first-order valence-corrected chi connectivity index (χ1v) is 8.06. The van der Waals surface area contributed by atoms with Crippen LogP contribution in [-0.4, -0.2) is 14.5 Å². The molecule has 100 valence electrons. The Morgan fingerprint density at radius 3 is 2.56 bits per heavy atom. The number of nitrogens with one attached hydrogen (secondary N) is 1. The maximum atomic E-state index is 12.2. The van der Waals surface area contributed by atoms with Crippen molar-refractivity contribution in [3.63, 3.8) is 0 Å². The summed E-state index contributed by atoms with van der Waals surface area (Å²) in [6.45, 7) is 4.03. The van der Waals surface area contributed by atoms with Gasteiger partial charge < -0.3 is 5.73 Å². The Labute approximate surface area is 120 Å². The second-order valence-electron chi connectivity index (χ2n) is 5.17. The smallest absolute Gasteiger partial charge is 0.242 e. The van der Waals surface area contributed by atoms with Gasteiger partial charge in [0.1, 0.15) is 0 Å². The molecule has 0 aliphatic heterocycles. The summed E-state index contributed by atoms with van der Waals surface area (Å²) in [7, 11) is -3.61. The van der Waals surface area contributed by atoms with Crippen LogP contribution in [0.3, 0.4) is 0 Å². The molecular weight excluding hydrogens is 340 g/mol. The highest BCUT2D eigenvalue weighted by Crippen LogP contribution is 2.45. The van der Waals surface area contributed by atoms with Gasteiger partial charge in [-0.2, -0.15) is 0 Å². The molecule has 0 radical (unpaired) electrons. The fraction of sp³-hybridized carbons (Fsp3) is 0.455. The van der Waals surface area contributed by atoms with Crippen molar-refractivity contribution >= 4 is 43.2 Å². The van der Waals surface area contributed by atoms with Crippen LogP contribution in [0.25, 0.3) is 0 Å². The van der Waals surface area contributed by atoms with Crippen molar-refractivity contribution in [2.45, 2.75) is 31.2 Å². The molecule has 0 heterocycles. The van der Waals surface area contributed by atoms with Crippen LogP contribution < -0.4 is 10.5 Å². The number of anilines is 1. The van der Waals surface area contributed by atoms with Crippen LogP contribution in [0.5, 0.6) is 0 Å². The molecule has 0 bridgehead atoms. The van der Waals surface area contributed by atoms with E-state index in [1.165, 1.54) is 12.1 Å². The number of hydrogen-bond acceptors (Lipinski definition) is 3. The van der Waals surface area contributed by atoms with Gasteiger partial charge in [0.2, 0.25) is 10.0 Å². The van der Waals surface area contributed by atoms with E-state index in [0.29, 0.717) is 15.2 Å². The second-order valence-corrected chi connectivity index (χ2v) is 8.09. The summed E-state index contributed by atoms with van der Waals surface area (Å²) in [5, 5.41) is 0.297. The Morgan fingerprint density at radius 1 is 1.50 bits per heavy atom. The summed E-state index contributed by atoms with van der Waals surface area (Å²) >= 11 is 9.03. The molecule has 2 rings (SSSR count). The zero-order chi connectivity index (χ0) is 13.7. The summed E-state index contributed by atoms with van der Waals surface area (Å²) in [6.07, 6.45) is 0.833. The number of rotatable bonds is 3. The van der Waals surface area contributed by atoms with Gasteiger partial charge in [-0.3, -0.25) is 0 Å². The average Bonchev–Trinajstić information content (AvgIpc) is 2.78. The van der Waals surface area contributed by atoms with Crippen LogP contribution >= 0.6 is 27.5 Å². The van der Waals surface area contributed by atoms with Gasteiger partial charge in [0.05, 0.1) is 9.37 Å². The van der Waals surface area contributed by atoms with E-state index in [0.717, 1.165) is 6.42 Å². The number of benzene rings is 1. The normalized spacial score (nSPS) is 21.9. The van der Waals surface area contributed by atoms with Crippen LogP contribution in [-0.2, 0) is 10.0 Å². The minimum absolute atomic E-state index is 0.0175. The molecule has 0 amide bonds. The average molecular weight is 354 g/mol. The zero-order valence-corrected chi connectivity index (χ0v) is 13.2. The van der Waals surface area contributed by atoms with Crippen LogP contribution in [0, 0.1) is 5.41 Å². The Kier molecular flexibility index (Phi) is 3.43. The van der Waals surface area contributed by atoms with Crippen molar-refractivity contribution in [1.29, 1.82) is 0 Å². The largest absolute Gasteiger partial charge is 0.398 e. The molecule has 1 aromatic rings. The first-order valence-electron chi connectivity index (χ1n) is 5.40. The SMILES string of the molecule is CC1(C)CC1NS(=O)(=O)c1cc(Cl)cc(N)c1Br. The number of nitrogen functional groups attached to an aromatic ring is 1. The van der Waals surface area contributed by atoms with E-state index in [1.807, 2.05) is 13.8 Å². The Balaban J connectivity index is 2.36. The topological polar surface area (TPSA) is 72.2 Å². The van der Waals surface area contributed by atoms with Gasteiger partial charge in [-0.05, 0) is 39.9 Å². The van der Waals surface area contributed by atoms with Gasteiger partial charge in [-0.1, -0.05) is 25.4 Å². The third kappa shape index (κ3) is 2.66. The van der Waals surface area contributed by atoms with Crippen molar-refractivity contribution in [2.24, 2.45) is 5.41 Å². The van der Waals surface area contributed by atoms with Crippen LogP contribution in [0.2, 0.25) is 5.02 Å². The quantitative estimate of drug-likeness (QED) is 0.821. The molecule has 4 nitrogen and oxygen atoms in total. The number of halogens is 2. The molecule has 0 aromatic heterocycles. The van der Waals surface area contributed by atoms with E-state index < -0.39 is 10.0 Å². The van der Waals surface area contributed by atoms with Crippen LogP contribution in [0.1, 0.15) is 20.3 Å². The standard InChI is InChI=1S/C11H14BrClN2O2S/c1-11(2)5-9(11)15-18(16,17)8-4-6(13)3-7(14)10(8)12/h3-4,9,15H,5,14H2,1-2H3. The molecule has 1 fully saturated rings. The highest BCUT2D eigenvalue weighted by Gasteiger charge is 2.48. The van der Waals surface area contributed by atoms with Crippen LogP contribution in [0.4, 0.5) is 5.69 Å². The molecular formula is C11H14BrClN2O2S. The molecule has 1 aliphatic rings. The highest BCUT2D eigenvalue weighted by atomic mass is 79.9. The zero-order valence-electron chi connectivity index (χ0n) is 10.00. The van der Waals surface area contributed by atoms with Crippen molar-refractivity contribution < 1.29 is 8.42 Å². The first-order chi connectivity index (χ1) is 8.13. The summed E-state index contributed by atoms with van der Waals surface area (Å²) in [5.74, 6) is 0. The lowest BCUT2D eigenvalue weighted by molar-refractivity contribution is 0.554. The van der Waals surface area contributed by atoms with Gasteiger partial charge in [0.25, 0.3) is 0 Å². The predicted molar refractivity (Wildman–Crippen MR) is 76.1 cm³/mol. The van der Waals surface area contributed by atoms with Crippen molar-refractivity contribution in [1.82, 2.24) is 4.72 Å². The summed E-state index contributed by atoms with van der Waals surface area (Å²) in [6, 6.07) is 2.86. The predicted octanol–water partition coefficient (Wildman–Crippen LogP) is 2.76. The Bertz CT molecular complexity index is 601. The molecule has 18 heavy (non-hydrogen) atoms. The third-order valence-corrected chi connectivity index (χ3v) is 5.99. The second kappa shape index (κ2) is 4.37. The summed E-state index contributed by atoms with van der Waals surface area (Å²) in [4.78, 5) is 0.0789.